The SMILES string of the molecule is C[Si](C)(C)c1cc2nc(C(F)(F)F)c([Si](C)(C)C)c(Br)c2cc1F. The van der Waals surface area contributed by atoms with Gasteiger partial charge in [0.2, 0.25) is 0 Å². The van der Waals surface area contributed by atoms with Gasteiger partial charge in [0.05, 0.1) is 21.7 Å². The highest BCUT2D eigenvalue weighted by Gasteiger charge is 2.41. The Morgan fingerprint density at radius 2 is 1.50 bits per heavy atom. The van der Waals surface area contributed by atoms with Crippen LogP contribution < -0.4 is 10.4 Å². The van der Waals surface area contributed by atoms with Gasteiger partial charge < -0.3 is 0 Å². The van der Waals surface area contributed by atoms with E-state index in [1.807, 2.05) is 39.3 Å². The second kappa shape index (κ2) is 5.91. The fraction of sp³-hybridized carbons (Fsp3) is 0.438. The normalized spacial score (nSPS) is 13.6. The van der Waals surface area contributed by atoms with Crippen LogP contribution in [0.1, 0.15) is 5.69 Å². The molecule has 0 N–H and O–H groups in total. The van der Waals surface area contributed by atoms with E-state index in [4.69, 9.17) is 0 Å². The summed E-state index contributed by atoms with van der Waals surface area (Å²) in [6.07, 6.45) is -4.54. The first kappa shape index (κ1) is 19.6. The van der Waals surface area contributed by atoms with Gasteiger partial charge in [-0.05, 0) is 22.5 Å². The van der Waals surface area contributed by atoms with Crippen molar-refractivity contribution in [2.45, 2.75) is 45.5 Å². The van der Waals surface area contributed by atoms with Crippen LogP contribution in [0.15, 0.2) is 16.6 Å². The summed E-state index contributed by atoms with van der Waals surface area (Å²) in [5.41, 5.74) is -0.663. The molecule has 0 fully saturated rings. The molecule has 1 aromatic heterocycles. The third-order valence-electron chi connectivity index (χ3n) is 3.84. The van der Waals surface area contributed by atoms with Crippen molar-refractivity contribution in [3.8, 4) is 0 Å². The number of halogens is 5. The Labute approximate surface area is 149 Å². The van der Waals surface area contributed by atoms with Crippen molar-refractivity contribution in [3.05, 3.63) is 28.1 Å². The second-order valence-electron chi connectivity index (χ2n) is 8.00. The van der Waals surface area contributed by atoms with Gasteiger partial charge in [0.25, 0.3) is 0 Å². The van der Waals surface area contributed by atoms with Crippen LogP contribution in [-0.2, 0) is 6.18 Å². The van der Waals surface area contributed by atoms with Gasteiger partial charge in [0, 0.05) is 9.86 Å². The van der Waals surface area contributed by atoms with Gasteiger partial charge in [-0.2, -0.15) is 13.2 Å². The van der Waals surface area contributed by atoms with Crippen LogP contribution in [0, 0.1) is 5.82 Å². The van der Waals surface area contributed by atoms with Crippen molar-refractivity contribution in [1.82, 2.24) is 4.98 Å². The molecule has 1 heterocycles. The average Bonchev–Trinajstić information content (AvgIpc) is 2.34. The molecule has 0 saturated heterocycles. The van der Waals surface area contributed by atoms with E-state index in [0.717, 1.165) is 0 Å². The zero-order chi connectivity index (χ0) is 18.7. The molecular weight excluding hydrogens is 418 g/mol. The Balaban J connectivity index is 2.98. The lowest BCUT2D eigenvalue weighted by molar-refractivity contribution is -0.140. The van der Waals surface area contributed by atoms with E-state index in [1.54, 1.807) is 0 Å². The first-order valence-electron chi connectivity index (χ1n) is 7.55. The van der Waals surface area contributed by atoms with Gasteiger partial charge in [-0.3, -0.25) is 0 Å². The number of alkyl halides is 3. The quantitative estimate of drug-likeness (QED) is 0.461. The number of benzene rings is 1. The number of pyridine rings is 1. The number of fused-ring (bicyclic) bond motifs is 1. The summed E-state index contributed by atoms with van der Waals surface area (Å²) in [6.45, 7) is 11.3. The molecule has 2 rings (SSSR count). The monoisotopic (exact) mass is 437 g/mol. The summed E-state index contributed by atoms with van der Waals surface area (Å²) in [6, 6.07) is 2.81. The van der Waals surface area contributed by atoms with Crippen LogP contribution >= 0.6 is 15.9 Å². The predicted molar refractivity (Wildman–Crippen MR) is 100 cm³/mol. The molecular formula is C16H20BrF4NSi2. The van der Waals surface area contributed by atoms with Crippen LogP contribution in [0.3, 0.4) is 0 Å². The minimum atomic E-state index is -4.54. The van der Waals surface area contributed by atoms with Crippen molar-refractivity contribution in [2.75, 3.05) is 0 Å². The van der Waals surface area contributed by atoms with E-state index in [-0.39, 0.29) is 16.5 Å². The van der Waals surface area contributed by atoms with Crippen LogP contribution in [0.2, 0.25) is 39.3 Å². The standard InChI is InChI=1S/C16H20BrF4NSi2/c1-23(2,3)12-8-11-9(7-10(12)18)13(17)14(24(4,5)6)15(22-11)16(19,20)21/h7-8H,1-6H3. The van der Waals surface area contributed by atoms with Crippen molar-refractivity contribution in [2.24, 2.45) is 0 Å². The molecule has 1 nitrogen and oxygen atoms in total. The molecule has 0 saturated carbocycles. The molecule has 1 aromatic carbocycles. The summed E-state index contributed by atoms with van der Waals surface area (Å²) >= 11 is 3.31. The van der Waals surface area contributed by atoms with Crippen molar-refractivity contribution < 1.29 is 17.6 Å². The van der Waals surface area contributed by atoms with Gasteiger partial charge in [-0.1, -0.05) is 55.2 Å². The summed E-state index contributed by atoms with van der Waals surface area (Å²) in [5, 5.41) is 1.07. The highest BCUT2D eigenvalue weighted by molar-refractivity contribution is 9.10. The van der Waals surface area contributed by atoms with E-state index in [0.29, 0.717) is 15.0 Å². The maximum absolute atomic E-state index is 14.5. The Bertz CT molecular complexity index is 805. The molecule has 0 bridgehead atoms. The molecule has 0 radical (unpaired) electrons. The zero-order valence-corrected chi connectivity index (χ0v) is 18.1. The van der Waals surface area contributed by atoms with Crippen LogP contribution in [-0.4, -0.2) is 21.1 Å². The van der Waals surface area contributed by atoms with Gasteiger partial charge >= 0.3 is 6.18 Å². The van der Waals surface area contributed by atoms with Gasteiger partial charge in [0.1, 0.15) is 11.5 Å². The van der Waals surface area contributed by atoms with Crippen molar-refractivity contribution >= 4 is 53.4 Å². The number of hydrogen-bond donors (Lipinski definition) is 0. The number of nitrogens with zero attached hydrogens (tertiary/aromatic N) is 1. The lowest BCUT2D eigenvalue weighted by Gasteiger charge is -2.25. The fourth-order valence-electron chi connectivity index (χ4n) is 2.71. The molecule has 0 aliphatic heterocycles. The molecule has 8 heteroatoms. The van der Waals surface area contributed by atoms with Crippen LogP contribution in [0.25, 0.3) is 10.9 Å². The van der Waals surface area contributed by atoms with Crippen molar-refractivity contribution in [3.63, 3.8) is 0 Å². The summed E-state index contributed by atoms with van der Waals surface area (Å²) < 4.78 is 55.6. The molecule has 24 heavy (non-hydrogen) atoms. The third kappa shape index (κ3) is 3.60. The smallest absolute Gasteiger partial charge is 0.243 e. The first-order valence-corrected chi connectivity index (χ1v) is 15.3. The van der Waals surface area contributed by atoms with E-state index in [1.165, 1.54) is 12.1 Å². The first-order chi connectivity index (χ1) is 10.6. The van der Waals surface area contributed by atoms with Crippen molar-refractivity contribution in [1.29, 1.82) is 0 Å². The van der Waals surface area contributed by atoms with Gasteiger partial charge in [-0.25, -0.2) is 9.37 Å². The number of aromatic nitrogens is 1. The summed E-state index contributed by atoms with van der Waals surface area (Å²) in [4.78, 5) is 3.92. The molecule has 0 spiro atoms. The van der Waals surface area contributed by atoms with Gasteiger partial charge in [0.15, 0.2) is 0 Å². The van der Waals surface area contributed by atoms with E-state index in [9.17, 15) is 17.6 Å². The predicted octanol–water partition coefficient (Wildman–Crippen LogP) is 5.25. The summed E-state index contributed by atoms with van der Waals surface area (Å²) in [5.74, 6) is -0.370. The molecule has 2 aromatic rings. The zero-order valence-electron chi connectivity index (χ0n) is 14.5. The lowest BCUT2D eigenvalue weighted by Crippen LogP contribution is -2.44. The van der Waals surface area contributed by atoms with Crippen LogP contribution in [0.5, 0.6) is 0 Å². The highest BCUT2D eigenvalue weighted by Crippen LogP contribution is 2.34. The third-order valence-corrected chi connectivity index (χ3v) is 9.01. The fourth-order valence-corrected chi connectivity index (χ4v) is 8.06. The average molecular weight is 438 g/mol. The van der Waals surface area contributed by atoms with E-state index in [2.05, 4.69) is 20.9 Å². The lowest BCUT2D eigenvalue weighted by atomic mass is 10.2. The molecule has 0 atom stereocenters. The largest absolute Gasteiger partial charge is 0.433 e. The number of rotatable bonds is 2. The Kier molecular flexibility index (Phi) is 4.82. The molecule has 132 valence electrons. The maximum atomic E-state index is 14.5. The highest BCUT2D eigenvalue weighted by atomic mass is 79.9. The molecule has 0 unspecified atom stereocenters. The minimum Gasteiger partial charge on any atom is -0.243 e. The second-order valence-corrected chi connectivity index (χ2v) is 18.8. The minimum absolute atomic E-state index is 0.183. The number of hydrogen-bond acceptors (Lipinski definition) is 1. The van der Waals surface area contributed by atoms with E-state index < -0.39 is 28.0 Å². The summed E-state index contributed by atoms with van der Waals surface area (Å²) in [7, 11) is -4.39. The Morgan fingerprint density at radius 1 is 0.958 bits per heavy atom. The van der Waals surface area contributed by atoms with E-state index >= 15 is 0 Å². The molecule has 0 aliphatic rings. The maximum Gasteiger partial charge on any atom is 0.433 e. The topological polar surface area (TPSA) is 12.9 Å². The van der Waals surface area contributed by atoms with Gasteiger partial charge in [-0.15, -0.1) is 0 Å². The Morgan fingerprint density at radius 3 is 1.92 bits per heavy atom. The molecule has 0 aliphatic carbocycles. The van der Waals surface area contributed by atoms with Crippen LogP contribution in [0.4, 0.5) is 17.6 Å². The Hall–Kier alpha value is -0.736. The molecule has 0 amide bonds.